The van der Waals surface area contributed by atoms with Crippen molar-refractivity contribution in [3.05, 3.63) is 98.6 Å². The Morgan fingerprint density at radius 1 is 0.941 bits per heavy atom. The molecule has 0 saturated carbocycles. The minimum absolute atomic E-state index is 0.0143. The molecule has 0 aromatic heterocycles. The monoisotopic (exact) mass is 476 g/mol. The van der Waals surface area contributed by atoms with Gasteiger partial charge in [-0.15, -0.1) is 11.8 Å². The van der Waals surface area contributed by atoms with Crippen LogP contribution in [-0.2, 0) is 9.53 Å². The molecule has 170 valence electrons. The molecule has 4 rings (SSSR count). The summed E-state index contributed by atoms with van der Waals surface area (Å²) in [5.41, 5.74) is -1.36. The summed E-state index contributed by atoms with van der Waals surface area (Å²) in [6, 6.07) is 15.2. The van der Waals surface area contributed by atoms with Crippen LogP contribution in [0.15, 0.2) is 65.6 Å². The van der Waals surface area contributed by atoms with E-state index in [-0.39, 0.29) is 16.7 Å². The molecule has 0 aliphatic heterocycles. The van der Waals surface area contributed by atoms with Crippen LogP contribution in [0.5, 0.6) is 0 Å². The van der Waals surface area contributed by atoms with Crippen molar-refractivity contribution in [2.75, 3.05) is 18.2 Å². The number of nitro groups is 1. The van der Waals surface area contributed by atoms with Crippen LogP contribution in [0, 0.1) is 10.1 Å². The number of ketones is 2. The molecule has 1 aliphatic carbocycles. The molecule has 0 saturated heterocycles. The zero-order chi connectivity index (χ0) is 24.4. The Hall–Kier alpha value is -4.31. The number of ether oxygens (including phenoxy) is 1. The number of thioether (sulfide) groups is 1. The quantitative estimate of drug-likeness (QED) is 0.192. The zero-order valence-corrected chi connectivity index (χ0v) is 18.5. The maximum Gasteiger partial charge on any atom is 0.345 e. The molecular weight excluding hydrogens is 460 g/mol. The standard InChI is InChI=1S/C24H16N2O7S/c1-34-14-8-6-13(7-9-14)25-19(27)12-33-24(30)18-11-10-17-20(21(18)26(31)32)23(29)16-5-3-2-4-15(16)22(17)28/h2-11H,12H2,1H3,(H,25,27). The van der Waals surface area contributed by atoms with Crippen LogP contribution in [0.25, 0.3) is 0 Å². The van der Waals surface area contributed by atoms with Crippen molar-refractivity contribution in [2.24, 2.45) is 0 Å². The fraction of sp³-hybridized carbons (Fsp3) is 0.0833. The lowest BCUT2D eigenvalue weighted by Crippen LogP contribution is -2.25. The molecule has 0 bridgehead atoms. The van der Waals surface area contributed by atoms with Gasteiger partial charge in [-0.3, -0.25) is 24.5 Å². The van der Waals surface area contributed by atoms with Crippen LogP contribution >= 0.6 is 11.8 Å². The molecule has 3 aromatic carbocycles. The SMILES string of the molecule is CSc1ccc(NC(=O)COC(=O)c2ccc3c(c2[N+](=O)[O-])C(=O)c2ccccc2C3=O)cc1. The molecule has 0 heterocycles. The molecule has 10 heteroatoms. The highest BCUT2D eigenvalue weighted by atomic mass is 32.2. The summed E-state index contributed by atoms with van der Waals surface area (Å²) >= 11 is 1.54. The molecule has 1 aliphatic rings. The zero-order valence-electron chi connectivity index (χ0n) is 17.7. The van der Waals surface area contributed by atoms with Crippen molar-refractivity contribution in [3.8, 4) is 0 Å². The van der Waals surface area contributed by atoms with E-state index in [2.05, 4.69) is 5.32 Å². The van der Waals surface area contributed by atoms with Gasteiger partial charge >= 0.3 is 5.97 Å². The predicted octanol–water partition coefficient (Wildman–Crippen LogP) is 3.89. The van der Waals surface area contributed by atoms with Crippen molar-refractivity contribution in [3.63, 3.8) is 0 Å². The van der Waals surface area contributed by atoms with Gasteiger partial charge in [0.25, 0.3) is 11.6 Å². The average Bonchev–Trinajstić information content (AvgIpc) is 2.85. The van der Waals surface area contributed by atoms with Crippen molar-refractivity contribution < 1.29 is 28.8 Å². The van der Waals surface area contributed by atoms with E-state index in [9.17, 15) is 29.3 Å². The van der Waals surface area contributed by atoms with E-state index >= 15 is 0 Å². The topological polar surface area (TPSA) is 133 Å². The fourth-order valence-electron chi connectivity index (χ4n) is 3.60. The van der Waals surface area contributed by atoms with Gasteiger partial charge in [0.2, 0.25) is 5.78 Å². The first kappa shape index (κ1) is 22.9. The minimum atomic E-state index is -1.17. The van der Waals surface area contributed by atoms with Crippen LogP contribution in [0.2, 0.25) is 0 Å². The maximum absolute atomic E-state index is 13.0. The molecule has 0 unspecified atom stereocenters. The van der Waals surface area contributed by atoms with Crippen molar-refractivity contribution in [1.82, 2.24) is 0 Å². The van der Waals surface area contributed by atoms with Crippen LogP contribution in [0.3, 0.4) is 0 Å². The molecule has 0 radical (unpaired) electrons. The summed E-state index contributed by atoms with van der Waals surface area (Å²) in [4.78, 5) is 62.5. The number of nitrogens with zero attached hydrogens (tertiary/aromatic N) is 1. The Morgan fingerprint density at radius 3 is 2.21 bits per heavy atom. The van der Waals surface area contributed by atoms with E-state index in [4.69, 9.17) is 4.74 Å². The Morgan fingerprint density at radius 2 is 1.59 bits per heavy atom. The van der Waals surface area contributed by atoms with E-state index < -0.39 is 51.8 Å². The molecule has 0 atom stereocenters. The van der Waals surface area contributed by atoms with E-state index in [1.165, 1.54) is 36.0 Å². The highest BCUT2D eigenvalue weighted by Gasteiger charge is 2.39. The van der Waals surface area contributed by atoms with Crippen molar-refractivity contribution in [1.29, 1.82) is 0 Å². The Bertz CT molecular complexity index is 1370. The molecule has 0 spiro atoms. The fourth-order valence-corrected chi connectivity index (χ4v) is 4.01. The van der Waals surface area contributed by atoms with Gasteiger partial charge in [0.05, 0.1) is 4.92 Å². The normalized spacial score (nSPS) is 11.9. The largest absolute Gasteiger partial charge is 0.452 e. The Balaban J connectivity index is 1.58. The van der Waals surface area contributed by atoms with Gasteiger partial charge in [-0.25, -0.2) is 4.79 Å². The summed E-state index contributed by atoms with van der Waals surface area (Å²) < 4.78 is 4.96. The average molecular weight is 476 g/mol. The molecule has 0 fully saturated rings. The number of rotatable bonds is 6. The number of fused-ring (bicyclic) bond motifs is 2. The third-order valence-corrected chi connectivity index (χ3v) is 5.92. The lowest BCUT2D eigenvalue weighted by atomic mass is 9.82. The number of anilines is 1. The number of nitrogens with one attached hydrogen (secondary N) is 1. The molecular formula is C24H16N2O7S. The second-order valence-electron chi connectivity index (χ2n) is 7.20. The first-order valence-corrected chi connectivity index (χ1v) is 11.1. The summed E-state index contributed by atoms with van der Waals surface area (Å²) in [6.45, 7) is -0.701. The number of hydrogen-bond donors (Lipinski definition) is 1. The van der Waals surface area contributed by atoms with Crippen molar-refractivity contribution in [2.45, 2.75) is 4.90 Å². The number of carbonyl (C=O) groups is 4. The molecule has 9 nitrogen and oxygen atoms in total. The van der Waals surface area contributed by atoms with Gasteiger partial charge in [-0.1, -0.05) is 24.3 Å². The second-order valence-corrected chi connectivity index (χ2v) is 8.08. The van der Waals surface area contributed by atoms with Crippen LogP contribution in [-0.4, -0.2) is 41.2 Å². The Kier molecular flexibility index (Phi) is 6.24. The smallest absolute Gasteiger partial charge is 0.345 e. The van der Waals surface area contributed by atoms with Gasteiger partial charge < -0.3 is 10.1 Å². The number of benzene rings is 3. The molecule has 1 N–H and O–H groups in total. The molecule has 34 heavy (non-hydrogen) atoms. The number of hydrogen-bond acceptors (Lipinski definition) is 8. The number of nitro benzene ring substituents is 1. The highest BCUT2D eigenvalue weighted by Crippen LogP contribution is 2.35. The van der Waals surface area contributed by atoms with Gasteiger partial charge in [0, 0.05) is 27.3 Å². The molecule has 3 aromatic rings. The van der Waals surface area contributed by atoms with Gasteiger partial charge in [0.1, 0.15) is 11.1 Å². The summed E-state index contributed by atoms with van der Waals surface area (Å²) in [5.74, 6) is -3.11. The lowest BCUT2D eigenvalue weighted by molar-refractivity contribution is -0.385. The summed E-state index contributed by atoms with van der Waals surface area (Å²) in [6.07, 6.45) is 1.91. The third kappa shape index (κ3) is 4.18. The maximum atomic E-state index is 13.0. The van der Waals surface area contributed by atoms with Crippen LogP contribution in [0.4, 0.5) is 11.4 Å². The molecule has 1 amide bonds. The first-order chi connectivity index (χ1) is 16.3. The first-order valence-electron chi connectivity index (χ1n) is 9.92. The number of carbonyl (C=O) groups excluding carboxylic acids is 4. The van der Waals surface area contributed by atoms with Crippen LogP contribution in [0.1, 0.15) is 42.2 Å². The van der Waals surface area contributed by atoms with E-state index in [1.54, 1.807) is 30.3 Å². The van der Waals surface area contributed by atoms with E-state index in [0.717, 1.165) is 11.0 Å². The number of esters is 1. The van der Waals surface area contributed by atoms with Gasteiger partial charge in [-0.2, -0.15) is 0 Å². The number of amides is 1. The minimum Gasteiger partial charge on any atom is -0.452 e. The summed E-state index contributed by atoms with van der Waals surface area (Å²) in [5, 5.41) is 14.4. The predicted molar refractivity (Wildman–Crippen MR) is 124 cm³/mol. The van der Waals surface area contributed by atoms with Crippen molar-refractivity contribution >= 4 is 46.6 Å². The Labute approximate surface area is 197 Å². The van der Waals surface area contributed by atoms with Crippen LogP contribution < -0.4 is 5.32 Å². The van der Waals surface area contributed by atoms with E-state index in [0.29, 0.717) is 5.69 Å². The lowest BCUT2D eigenvalue weighted by Gasteiger charge is -2.18. The summed E-state index contributed by atoms with van der Waals surface area (Å²) in [7, 11) is 0. The second kappa shape index (κ2) is 9.28. The third-order valence-electron chi connectivity index (χ3n) is 5.18. The van der Waals surface area contributed by atoms with Gasteiger partial charge in [0.15, 0.2) is 12.4 Å². The van der Waals surface area contributed by atoms with Gasteiger partial charge in [-0.05, 0) is 42.7 Å². The highest BCUT2D eigenvalue weighted by molar-refractivity contribution is 7.98. The van der Waals surface area contributed by atoms with E-state index in [1.807, 2.05) is 6.26 Å².